The van der Waals surface area contributed by atoms with E-state index in [-0.39, 0.29) is 0 Å². The third-order valence-electron chi connectivity index (χ3n) is 0. The fraction of sp³-hybridized carbons (Fsp3) is 0. The van der Waals surface area contributed by atoms with Crippen molar-refractivity contribution in [1.82, 2.24) is 0 Å². The molecule has 70 valence electrons. The monoisotopic (exact) mass is 291 g/mol. The van der Waals surface area contributed by atoms with Crippen LogP contribution in [0.2, 0.25) is 0 Å². The molecule has 0 aromatic carbocycles. The number of thiol groups is 3. The zero-order valence-electron chi connectivity index (χ0n) is 4.61. The van der Waals surface area contributed by atoms with Crippen LogP contribution in [0.5, 0.6) is 0 Å². The molecule has 0 radical (unpaired) electrons. The van der Waals surface area contributed by atoms with Crippen molar-refractivity contribution in [2.75, 3.05) is 0 Å². The van der Waals surface area contributed by atoms with Crippen molar-refractivity contribution in [1.29, 1.82) is 0 Å². The molecule has 0 saturated heterocycles. The fourth-order valence-corrected chi connectivity index (χ4v) is 0. The molecule has 0 fully saturated rings. The van der Waals surface area contributed by atoms with E-state index in [9.17, 15) is 8.76 Å². The van der Waals surface area contributed by atoms with Crippen LogP contribution >= 0.6 is 35.0 Å². The molecule has 0 heterocycles. The third kappa shape index (κ3) is 438. The van der Waals surface area contributed by atoms with Crippen LogP contribution in [0, 0.1) is 0 Å². The first-order chi connectivity index (χ1) is 4.88. The van der Waals surface area contributed by atoms with E-state index in [0.29, 0.717) is 0 Å². The van der Waals surface area contributed by atoms with Gasteiger partial charge in [0.05, 0.1) is 32.6 Å². The van der Waals surface area contributed by atoms with Gasteiger partial charge in [-0.15, -0.1) is 0 Å². The van der Waals surface area contributed by atoms with Gasteiger partial charge in [0, 0.05) is 0 Å². The summed E-state index contributed by atoms with van der Waals surface area (Å²) in [6.45, 7) is 0. The highest BCUT2D eigenvalue weighted by Gasteiger charge is 1.73. The van der Waals surface area contributed by atoms with Crippen LogP contribution in [0.15, 0.2) is 0 Å². The van der Waals surface area contributed by atoms with Crippen molar-refractivity contribution in [3.05, 3.63) is 0 Å². The second-order valence-corrected chi connectivity index (χ2v) is 7.05. The number of hydrogen-bond donors (Lipinski definition) is 3. The molecule has 4 nitrogen and oxygen atoms in total. The maximum absolute atomic E-state index is 9.28. The minimum atomic E-state index is -1.33. The van der Waals surface area contributed by atoms with Gasteiger partial charge in [-0.3, -0.25) is 11.7 Å². The number of rotatable bonds is 0. The first-order valence-corrected chi connectivity index (χ1v) is 8.43. The van der Waals surface area contributed by atoms with E-state index in [2.05, 4.69) is 46.2 Å². The van der Waals surface area contributed by atoms with Gasteiger partial charge in [0.2, 0.25) is 0 Å². The Bertz CT molecular complexity index is 139. The Hall–Kier alpha value is 1.55. The van der Waals surface area contributed by atoms with Gasteiger partial charge < -0.3 is 8.76 Å². The molecule has 0 unspecified atom stereocenters. The van der Waals surface area contributed by atoms with Crippen molar-refractivity contribution in [3.8, 4) is 0 Å². The molecule has 0 bridgehead atoms. The molecular formula is H3O4S7-. The number of hydrogen-bond acceptors (Lipinski definition) is 8. The van der Waals surface area contributed by atoms with Gasteiger partial charge in [0.15, 0.2) is 0 Å². The van der Waals surface area contributed by atoms with E-state index >= 15 is 0 Å². The van der Waals surface area contributed by atoms with E-state index in [1.165, 1.54) is 0 Å². The van der Waals surface area contributed by atoms with Crippen LogP contribution in [-0.4, -0.2) is 13.0 Å². The average molecular weight is 291 g/mol. The molecule has 0 aliphatic carbocycles. The lowest BCUT2D eigenvalue weighted by Crippen LogP contribution is -1.64. The smallest absolute Gasteiger partial charge is 0.335 e. The van der Waals surface area contributed by atoms with Crippen molar-refractivity contribution < 1.29 is 17.2 Å². The molecule has 11 heavy (non-hydrogen) atoms. The molecule has 11 heteroatoms. The summed E-state index contributed by atoms with van der Waals surface area (Å²) in [6.07, 6.45) is 0. The molecule has 0 aliphatic rings. The van der Waals surface area contributed by atoms with Gasteiger partial charge in [-0.05, 0) is 0 Å². The highest BCUT2D eigenvalue weighted by Crippen LogP contribution is 1.96. The van der Waals surface area contributed by atoms with E-state index in [1.54, 1.807) is 0 Å². The quantitative estimate of drug-likeness (QED) is 0.254. The van der Waals surface area contributed by atoms with E-state index in [1.807, 2.05) is 0 Å². The Morgan fingerprint density at radius 2 is 1.45 bits per heavy atom. The van der Waals surface area contributed by atoms with Crippen LogP contribution in [-0.2, 0) is 44.6 Å². The molecule has 0 amide bonds. The second-order valence-electron chi connectivity index (χ2n) is 0.516. The molecule has 0 aromatic rings. The summed E-state index contributed by atoms with van der Waals surface area (Å²) in [6, 6.07) is 0. The van der Waals surface area contributed by atoms with E-state index < -0.39 is 29.2 Å². The Morgan fingerprint density at radius 3 is 1.45 bits per heavy atom. The highest BCUT2D eigenvalue weighted by molar-refractivity contribution is 8.96. The van der Waals surface area contributed by atoms with Gasteiger partial charge in [-0.2, -0.15) is 16.8 Å². The summed E-state index contributed by atoms with van der Waals surface area (Å²) >= 11 is 13.1. The molecule has 0 saturated carbocycles. The Labute approximate surface area is 91.8 Å². The first-order valence-electron chi connectivity index (χ1n) is 1.38. The minimum Gasteiger partial charge on any atom is -0.594 e. The Balaban J connectivity index is -0.0000000886. The predicted molar refractivity (Wildman–Crippen MR) is 59.4 cm³/mol. The van der Waals surface area contributed by atoms with Crippen molar-refractivity contribution in [2.45, 2.75) is 0 Å². The summed E-state index contributed by atoms with van der Waals surface area (Å²) in [5.74, 6) is 0. The summed E-state index contributed by atoms with van der Waals surface area (Å²) in [5.41, 5.74) is 0. The lowest BCUT2D eigenvalue weighted by Gasteiger charge is -1.80. The molecule has 0 rings (SSSR count). The lowest BCUT2D eigenvalue weighted by molar-refractivity contribution is 0.610. The van der Waals surface area contributed by atoms with E-state index in [4.69, 9.17) is 8.42 Å². The zero-order chi connectivity index (χ0) is 9.86. The van der Waals surface area contributed by atoms with Gasteiger partial charge >= 0.3 is 11.6 Å². The van der Waals surface area contributed by atoms with Gasteiger partial charge in [0.1, 0.15) is 0 Å². The summed E-state index contributed by atoms with van der Waals surface area (Å²) < 4.78 is 35.1. The van der Waals surface area contributed by atoms with Crippen LogP contribution in [0.4, 0.5) is 0 Å². The zero-order valence-corrected chi connectivity index (χ0v) is 10.6. The first kappa shape index (κ1) is 18.4. The van der Waals surface area contributed by atoms with Crippen molar-refractivity contribution in [3.63, 3.8) is 0 Å². The van der Waals surface area contributed by atoms with Crippen LogP contribution in [0.1, 0.15) is 0 Å². The van der Waals surface area contributed by atoms with Crippen LogP contribution in [0.3, 0.4) is 0 Å². The highest BCUT2D eigenvalue weighted by atomic mass is 33.5. The Kier molecular flexibility index (Phi) is 29.3. The topological polar surface area (TPSA) is 74.3 Å². The van der Waals surface area contributed by atoms with Crippen LogP contribution in [0.25, 0.3) is 0 Å². The fourth-order valence-electron chi connectivity index (χ4n) is 0. The summed E-state index contributed by atoms with van der Waals surface area (Å²) in [4.78, 5) is 0. The molecule has 0 aliphatic heterocycles. The van der Waals surface area contributed by atoms with Crippen molar-refractivity contribution >= 4 is 75.4 Å². The normalized spacial score (nSPS) is 7.45. The maximum Gasteiger partial charge on any atom is 0.335 e. The largest absolute Gasteiger partial charge is 0.594 e. The lowest BCUT2D eigenvalue weighted by atomic mass is 15.9. The molecular weight excluding hydrogens is 288 g/mol. The maximum atomic E-state index is 9.28. The van der Waals surface area contributed by atoms with Gasteiger partial charge in [-0.25, -0.2) is 11.2 Å². The second kappa shape index (κ2) is 17.6. The molecule has 0 spiro atoms. The van der Waals surface area contributed by atoms with E-state index in [0.717, 1.165) is 0 Å². The molecule has 0 N–H and O–H groups in total. The van der Waals surface area contributed by atoms with Crippen LogP contribution < -0.4 is 0 Å². The standard InChI is InChI=1S/O2S.H2OS3.HOS3/c1-3-2;2*1-4(2)3/h;(H2,1,2,3);(H,1,2,3)/q;;-1. The Morgan fingerprint density at radius 1 is 1.45 bits per heavy atom. The van der Waals surface area contributed by atoms with Crippen molar-refractivity contribution in [2.24, 2.45) is 0 Å². The summed E-state index contributed by atoms with van der Waals surface area (Å²) in [7, 11) is -2.56. The minimum absolute atomic E-state index is 0.750. The van der Waals surface area contributed by atoms with Gasteiger partial charge in [0.25, 0.3) is 0 Å². The molecule has 0 aromatic heterocycles. The average Bonchev–Trinajstić information content (AvgIpc) is 1.60. The third-order valence-corrected chi connectivity index (χ3v) is 0. The van der Waals surface area contributed by atoms with Gasteiger partial charge in [-0.1, -0.05) is 0 Å². The predicted octanol–water partition coefficient (Wildman–Crippen LogP) is 0.0114. The summed E-state index contributed by atoms with van der Waals surface area (Å²) in [5, 5.41) is 0. The molecule has 0 atom stereocenters. The SMILES string of the molecule is O=S=O.O=[S-](=S)S.[O-][S+](S)S.